The van der Waals surface area contributed by atoms with E-state index in [0.29, 0.717) is 17.3 Å². The summed E-state index contributed by atoms with van der Waals surface area (Å²) in [5.41, 5.74) is 1.55. The second kappa shape index (κ2) is 6.95. The highest BCUT2D eigenvalue weighted by atomic mass is 35.5. The second-order valence-corrected chi connectivity index (χ2v) is 4.61. The molecule has 0 saturated heterocycles. The summed E-state index contributed by atoms with van der Waals surface area (Å²) in [5.74, 6) is -0.436. The third-order valence-electron chi connectivity index (χ3n) is 2.58. The minimum Gasteiger partial charge on any atom is -0.330 e. The topological polar surface area (TPSA) is 49.4 Å². The summed E-state index contributed by atoms with van der Waals surface area (Å²) >= 11 is 5.97. The molecule has 1 rings (SSSR count). The smallest absolute Gasteiger partial charge is 0.244 e. The van der Waals surface area contributed by atoms with Crippen LogP contribution < -0.4 is 5.32 Å². The number of carbonyl (C=O) groups excluding carboxylic acids is 2. The molecule has 19 heavy (non-hydrogen) atoms. The van der Waals surface area contributed by atoms with E-state index in [4.69, 9.17) is 11.6 Å². The van der Waals surface area contributed by atoms with E-state index in [9.17, 15) is 9.59 Å². The van der Waals surface area contributed by atoms with Gasteiger partial charge in [-0.2, -0.15) is 0 Å². The first-order valence-electron chi connectivity index (χ1n) is 5.86. The molecule has 0 fully saturated rings. The van der Waals surface area contributed by atoms with Crippen molar-refractivity contribution in [3.63, 3.8) is 0 Å². The lowest BCUT2D eigenvalue weighted by Gasteiger charge is -2.18. The summed E-state index contributed by atoms with van der Waals surface area (Å²) in [6.07, 6.45) is 1.58. The number of hydrogen-bond acceptors (Lipinski definition) is 2. The first-order valence-corrected chi connectivity index (χ1v) is 6.24. The van der Waals surface area contributed by atoms with Crippen LogP contribution in [0.15, 0.2) is 30.9 Å². The number of hydrogen-bond donors (Lipinski definition) is 1. The number of benzene rings is 1. The van der Waals surface area contributed by atoms with E-state index in [2.05, 4.69) is 11.9 Å². The molecular weight excluding hydrogens is 264 g/mol. The SMILES string of the molecule is C=CCN(CC(=O)Nc1ccc(C)c(Cl)c1)C(C)=O. The Morgan fingerprint density at radius 3 is 2.68 bits per heavy atom. The van der Waals surface area contributed by atoms with Crippen molar-refractivity contribution in [2.45, 2.75) is 13.8 Å². The van der Waals surface area contributed by atoms with E-state index >= 15 is 0 Å². The maximum atomic E-state index is 11.8. The van der Waals surface area contributed by atoms with Crippen LogP contribution in [-0.4, -0.2) is 29.8 Å². The first kappa shape index (κ1) is 15.2. The normalized spacial score (nSPS) is 9.84. The van der Waals surface area contributed by atoms with Crippen molar-refractivity contribution in [1.29, 1.82) is 0 Å². The fourth-order valence-corrected chi connectivity index (χ4v) is 1.69. The standard InChI is InChI=1S/C14H17ClN2O2/c1-4-7-17(11(3)18)9-14(19)16-12-6-5-10(2)13(15)8-12/h4-6,8H,1,7,9H2,2-3H3,(H,16,19). The number of rotatable bonds is 5. The van der Waals surface area contributed by atoms with E-state index in [-0.39, 0.29) is 18.4 Å². The lowest BCUT2D eigenvalue weighted by Crippen LogP contribution is -2.36. The monoisotopic (exact) mass is 280 g/mol. The van der Waals surface area contributed by atoms with Gasteiger partial charge in [-0.15, -0.1) is 6.58 Å². The van der Waals surface area contributed by atoms with E-state index in [1.165, 1.54) is 11.8 Å². The van der Waals surface area contributed by atoms with Gasteiger partial charge in [-0.25, -0.2) is 0 Å². The lowest BCUT2D eigenvalue weighted by atomic mass is 10.2. The zero-order valence-electron chi connectivity index (χ0n) is 11.1. The summed E-state index contributed by atoms with van der Waals surface area (Å²) in [4.78, 5) is 24.5. The van der Waals surface area contributed by atoms with E-state index in [1.807, 2.05) is 13.0 Å². The largest absolute Gasteiger partial charge is 0.330 e. The Morgan fingerprint density at radius 1 is 1.47 bits per heavy atom. The molecule has 0 bridgehead atoms. The Balaban J connectivity index is 2.65. The van der Waals surface area contributed by atoms with Gasteiger partial charge >= 0.3 is 0 Å². The zero-order chi connectivity index (χ0) is 14.4. The Hall–Kier alpha value is -1.81. The molecule has 0 aromatic heterocycles. The summed E-state index contributed by atoms with van der Waals surface area (Å²) in [5, 5.41) is 3.29. The van der Waals surface area contributed by atoms with Crippen LogP contribution in [0.25, 0.3) is 0 Å². The van der Waals surface area contributed by atoms with Gasteiger partial charge in [-0.3, -0.25) is 9.59 Å². The molecule has 1 N–H and O–H groups in total. The Kier molecular flexibility index (Phi) is 5.57. The number of nitrogens with one attached hydrogen (secondary N) is 1. The molecule has 0 aliphatic rings. The Bertz CT molecular complexity index is 500. The summed E-state index contributed by atoms with van der Waals surface area (Å²) < 4.78 is 0. The van der Waals surface area contributed by atoms with Gasteiger partial charge in [0.2, 0.25) is 11.8 Å². The van der Waals surface area contributed by atoms with Crippen LogP contribution in [0.4, 0.5) is 5.69 Å². The number of halogens is 1. The Labute approximate surface area is 118 Å². The molecule has 4 nitrogen and oxygen atoms in total. The van der Waals surface area contributed by atoms with Crippen LogP contribution >= 0.6 is 11.6 Å². The van der Waals surface area contributed by atoms with E-state index in [0.717, 1.165) is 5.56 Å². The van der Waals surface area contributed by atoms with E-state index in [1.54, 1.807) is 18.2 Å². The number of amides is 2. The summed E-state index contributed by atoms with van der Waals surface area (Å²) in [7, 11) is 0. The minimum absolute atomic E-state index is 0.00709. The van der Waals surface area contributed by atoms with Crippen LogP contribution in [0.2, 0.25) is 5.02 Å². The fraction of sp³-hybridized carbons (Fsp3) is 0.286. The minimum atomic E-state index is -0.267. The average Bonchev–Trinajstić information content (AvgIpc) is 2.33. The maximum absolute atomic E-state index is 11.8. The van der Waals surface area contributed by atoms with Crippen LogP contribution in [-0.2, 0) is 9.59 Å². The van der Waals surface area contributed by atoms with Crippen LogP contribution in [0.5, 0.6) is 0 Å². The van der Waals surface area contributed by atoms with Gasteiger partial charge in [0.15, 0.2) is 0 Å². The molecule has 0 spiro atoms. The highest BCUT2D eigenvalue weighted by molar-refractivity contribution is 6.31. The van der Waals surface area contributed by atoms with E-state index < -0.39 is 0 Å². The van der Waals surface area contributed by atoms with Crippen molar-refractivity contribution in [2.24, 2.45) is 0 Å². The molecule has 0 heterocycles. The molecule has 0 radical (unpaired) electrons. The average molecular weight is 281 g/mol. The molecule has 0 unspecified atom stereocenters. The van der Waals surface area contributed by atoms with Gasteiger partial charge in [0, 0.05) is 24.2 Å². The van der Waals surface area contributed by atoms with Gasteiger partial charge in [-0.1, -0.05) is 23.7 Å². The quantitative estimate of drug-likeness (QED) is 0.843. The van der Waals surface area contributed by atoms with Crippen LogP contribution in [0, 0.1) is 6.92 Å². The fourth-order valence-electron chi connectivity index (χ4n) is 1.50. The van der Waals surface area contributed by atoms with Crippen LogP contribution in [0.1, 0.15) is 12.5 Å². The number of aryl methyl sites for hydroxylation is 1. The predicted octanol–water partition coefficient (Wildman–Crippen LogP) is 2.62. The molecule has 2 amide bonds. The van der Waals surface area contributed by atoms with Crippen molar-refractivity contribution >= 4 is 29.1 Å². The maximum Gasteiger partial charge on any atom is 0.244 e. The third kappa shape index (κ3) is 4.75. The van der Waals surface area contributed by atoms with Crippen molar-refractivity contribution in [2.75, 3.05) is 18.4 Å². The molecule has 5 heteroatoms. The van der Waals surface area contributed by atoms with Crippen molar-refractivity contribution in [3.8, 4) is 0 Å². The molecule has 0 aliphatic heterocycles. The van der Waals surface area contributed by atoms with Crippen molar-refractivity contribution in [3.05, 3.63) is 41.4 Å². The molecule has 1 aromatic carbocycles. The molecular formula is C14H17ClN2O2. The van der Waals surface area contributed by atoms with Gasteiger partial charge in [-0.05, 0) is 24.6 Å². The molecule has 1 aromatic rings. The molecule has 0 atom stereocenters. The molecule has 102 valence electrons. The highest BCUT2D eigenvalue weighted by Crippen LogP contribution is 2.19. The first-order chi connectivity index (χ1) is 8.93. The van der Waals surface area contributed by atoms with Gasteiger partial charge in [0.05, 0.1) is 0 Å². The predicted molar refractivity (Wildman–Crippen MR) is 77.3 cm³/mol. The summed E-state index contributed by atoms with van der Waals surface area (Å²) in [6, 6.07) is 5.27. The van der Waals surface area contributed by atoms with Crippen molar-refractivity contribution in [1.82, 2.24) is 4.90 Å². The molecule has 0 saturated carbocycles. The third-order valence-corrected chi connectivity index (χ3v) is 2.99. The number of nitrogens with zero attached hydrogens (tertiary/aromatic N) is 1. The van der Waals surface area contributed by atoms with Crippen molar-refractivity contribution < 1.29 is 9.59 Å². The summed E-state index contributed by atoms with van der Waals surface area (Å²) in [6.45, 7) is 7.19. The van der Waals surface area contributed by atoms with Gasteiger partial charge in [0.25, 0.3) is 0 Å². The Morgan fingerprint density at radius 2 is 2.16 bits per heavy atom. The van der Waals surface area contributed by atoms with Gasteiger partial charge in [0.1, 0.15) is 6.54 Å². The molecule has 0 aliphatic carbocycles. The highest BCUT2D eigenvalue weighted by Gasteiger charge is 2.12. The second-order valence-electron chi connectivity index (χ2n) is 4.20. The number of carbonyl (C=O) groups is 2. The lowest BCUT2D eigenvalue weighted by molar-refractivity contribution is -0.132. The van der Waals surface area contributed by atoms with Gasteiger partial charge < -0.3 is 10.2 Å². The van der Waals surface area contributed by atoms with Crippen LogP contribution in [0.3, 0.4) is 0 Å². The number of anilines is 1. The zero-order valence-corrected chi connectivity index (χ0v) is 11.8.